The molecule has 2 aromatic rings. The zero-order valence-electron chi connectivity index (χ0n) is 13.6. The largest absolute Gasteiger partial charge is 0.460 e. The van der Waals surface area contributed by atoms with E-state index in [1.54, 1.807) is 35.5 Å². The molecule has 0 radical (unpaired) electrons. The molecule has 1 aliphatic heterocycles. The number of nitro groups is 1. The van der Waals surface area contributed by atoms with Crippen molar-refractivity contribution in [3.63, 3.8) is 0 Å². The molecule has 2 heterocycles. The normalized spacial score (nSPS) is 15.0. The summed E-state index contributed by atoms with van der Waals surface area (Å²) in [5.74, 6) is 0.0169. The molecule has 0 atom stereocenters. The molecule has 0 unspecified atom stereocenters. The van der Waals surface area contributed by atoms with Gasteiger partial charge in [-0.2, -0.15) is 0 Å². The summed E-state index contributed by atoms with van der Waals surface area (Å²) < 4.78 is 5.71. The second kappa shape index (κ2) is 7.69. The number of likely N-dealkylation sites (tertiary alicyclic amines) is 1. The van der Waals surface area contributed by atoms with E-state index in [2.05, 4.69) is 9.97 Å². The van der Waals surface area contributed by atoms with Crippen LogP contribution in [0.15, 0.2) is 42.7 Å². The Kier molecular flexibility index (Phi) is 5.17. The molecular formula is C17H18N4O4. The summed E-state index contributed by atoms with van der Waals surface area (Å²) in [6.45, 7) is 1.23. The number of benzene rings is 1. The zero-order chi connectivity index (χ0) is 17.6. The van der Waals surface area contributed by atoms with Gasteiger partial charge in [0.15, 0.2) is 0 Å². The number of rotatable bonds is 5. The minimum absolute atomic E-state index is 0.00539. The number of ether oxygens (including phenoxy) is 1. The second-order valence-electron chi connectivity index (χ2n) is 5.83. The number of carbonyl (C=O) groups is 1. The maximum Gasteiger partial charge on any atom is 0.316 e. The topological polar surface area (TPSA) is 98.5 Å². The van der Waals surface area contributed by atoms with Gasteiger partial charge in [0.05, 0.1) is 11.3 Å². The number of nitro benzene ring substituents is 1. The number of piperidine rings is 1. The predicted molar refractivity (Wildman–Crippen MR) is 89.1 cm³/mol. The van der Waals surface area contributed by atoms with Gasteiger partial charge in [-0.05, 0) is 11.6 Å². The van der Waals surface area contributed by atoms with Crippen LogP contribution in [0.5, 0.6) is 6.01 Å². The third-order valence-corrected chi connectivity index (χ3v) is 4.11. The first kappa shape index (κ1) is 16.8. The summed E-state index contributed by atoms with van der Waals surface area (Å²) >= 11 is 0. The van der Waals surface area contributed by atoms with Gasteiger partial charge in [-0.3, -0.25) is 14.9 Å². The Morgan fingerprint density at radius 3 is 2.44 bits per heavy atom. The fourth-order valence-electron chi connectivity index (χ4n) is 2.74. The monoisotopic (exact) mass is 342 g/mol. The van der Waals surface area contributed by atoms with Crippen LogP contribution in [0.1, 0.15) is 18.4 Å². The molecule has 1 aromatic heterocycles. The van der Waals surface area contributed by atoms with E-state index in [-0.39, 0.29) is 24.1 Å². The molecule has 25 heavy (non-hydrogen) atoms. The van der Waals surface area contributed by atoms with E-state index in [1.807, 2.05) is 0 Å². The molecule has 3 rings (SSSR count). The van der Waals surface area contributed by atoms with Gasteiger partial charge in [-0.15, -0.1) is 0 Å². The number of aromatic nitrogens is 2. The van der Waals surface area contributed by atoms with Crippen molar-refractivity contribution in [3.8, 4) is 6.01 Å². The Morgan fingerprint density at radius 2 is 1.84 bits per heavy atom. The van der Waals surface area contributed by atoms with Crippen LogP contribution in [-0.4, -0.2) is 44.9 Å². The van der Waals surface area contributed by atoms with Crippen LogP contribution in [0.4, 0.5) is 5.69 Å². The summed E-state index contributed by atoms with van der Waals surface area (Å²) in [6, 6.07) is 8.17. The highest BCUT2D eigenvalue weighted by molar-refractivity contribution is 5.79. The van der Waals surface area contributed by atoms with Crippen LogP contribution < -0.4 is 4.74 Å². The highest BCUT2D eigenvalue weighted by Crippen LogP contribution is 2.17. The smallest absolute Gasteiger partial charge is 0.316 e. The number of amides is 1. The molecule has 1 aliphatic rings. The molecule has 1 fully saturated rings. The lowest BCUT2D eigenvalue weighted by Gasteiger charge is -2.31. The van der Waals surface area contributed by atoms with Gasteiger partial charge in [0, 0.05) is 50.5 Å². The van der Waals surface area contributed by atoms with Crippen molar-refractivity contribution in [1.29, 1.82) is 0 Å². The summed E-state index contributed by atoms with van der Waals surface area (Å²) in [4.78, 5) is 32.5. The summed E-state index contributed by atoms with van der Waals surface area (Å²) in [7, 11) is 0. The van der Waals surface area contributed by atoms with Crippen LogP contribution in [-0.2, 0) is 11.2 Å². The van der Waals surface area contributed by atoms with Gasteiger partial charge < -0.3 is 9.64 Å². The first-order valence-electron chi connectivity index (χ1n) is 8.06. The van der Waals surface area contributed by atoms with Crippen LogP contribution in [0, 0.1) is 10.1 Å². The lowest BCUT2D eigenvalue weighted by Crippen LogP contribution is -2.42. The van der Waals surface area contributed by atoms with Crippen molar-refractivity contribution < 1.29 is 14.5 Å². The number of hydrogen-bond donors (Lipinski definition) is 0. The maximum absolute atomic E-state index is 12.4. The van der Waals surface area contributed by atoms with Gasteiger partial charge in [0.1, 0.15) is 6.10 Å². The Morgan fingerprint density at radius 1 is 1.20 bits per heavy atom. The summed E-state index contributed by atoms with van der Waals surface area (Å²) in [6.07, 6.45) is 4.96. The second-order valence-corrected chi connectivity index (χ2v) is 5.83. The third kappa shape index (κ3) is 4.50. The molecule has 1 amide bonds. The van der Waals surface area contributed by atoms with Gasteiger partial charge in [0.25, 0.3) is 5.69 Å². The van der Waals surface area contributed by atoms with E-state index in [0.29, 0.717) is 19.1 Å². The first-order chi connectivity index (χ1) is 12.1. The van der Waals surface area contributed by atoms with Crippen molar-refractivity contribution in [3.05, 3.63) is 58.4 Å². The van der Waals surface area contributed by atoms with Gasteiger partial charge in [0.2, 0.25) is 5.91 Å². The summed E-state index contributed by atoms with van der Waals surface area (Å²) in [5.41, 5.74) is 0.795. The molecule has 0 N–H and O–H groups in total. The van der Waals surface area contributed by atoms with Crippen molar-refractivity contribution in [1.82, 2.24) is 14.9 Å². The Labute approximate surface area is 144 Å². The molecule has 8 nitrogen and oxygen atoms in total. The number of carbonyl (C=O) groups excluding carboxylic acids is 1. The molecule has 0 bridgehead atoms. The molecule has 130 valence electrons. The Balaban J connectivity index is 1.49. The third-order valence-electron chi connectivity index (χ3n) is 4.11. The van der Waals surface area contributed by atoms with Crippen LogP contribution in [0.2, 0.25) is 0 Å². The number of nitrogens with zero attached hydrogens (tertiary/aromatic N) is 4. The van der Waals surface area contributed by atoms with Crippen LogP contribution >= 0.6 is 0 Å². The quantitative estimate of drug-likeness (QED) is 0.609. The van der Waals surface area contributed by atoms with E-state index >= 15 is 0 Å². The van der Waals surface area contributed by atoms with E-state index in [9.17, 15) is 14.9 Å². The van der Waals surface area contributed by atoms with Crippen molar-refractivity contribution in [2.24, 2.45) is 0 Å². The van der Waals surface area contributed by atoms with Crippen LogP contribution in [0.3, 0.4) is 0 Å². The van der Waals surface area contributed by atoms with Gasteiger partial charge >= 0.3 is 6.01 Å². The van der Waals surface area contributed by atoms with Crippen LogP contribution in [0.25, 0.3) is 0 Å². The fraction of sp³-hybridized carbons (Fsp3) is 0.353. The molecule has 0 aliphatic carbocycles. The molecule has 1 aromatic carbocycles. The highest BCUT2D eigenvalue weighted by atomic mass is 16.6. The van der Waals surface area contributed by atoms with E-state index in [0.717, 1.165) is 18.4 Å². The first-order valence-corrected chi connectivity index (χ1v) is 8.06. The van der Waals surface area contributed by atoms with Gasteiger partial charge in [-0.1, -0.05) is 12.1 Å². The van der Waals surface area contributed by atoms with Crippen molar-refractivity contribution >= 4 is 11.6 Å². The lowest BCUT2D eigenvalue weighted by atomic mass is 10.1. The van der Waals surface area contributed by atoms with E-state index in [1.165, 1.54) is 12.1 Å². The minimum atomic E-state index is -0.452. The molecule has 0 saturated carbocycles. The van der Waals surface area contributed by atoms with Crippen molar-refractivity contribution in [2.45, 2.75) is 25.4 Å². The molecular weight excluding hydrogens is 324 g/mol. The SMILES string of the molecule is O=C(Cc1ccc([N+](=O)[O-])cc1)N1CCC(Oc2ncccn2)CC1. The summed E-state index contributed by atoms with van der Waals surface area (Å²) in [5, 5.41) is 10.7. The van der Waals surface area contributed by atoms with Crippen molar-refractivity contribution in [2.75, 3.05) is 13.1 Å². The highest BCUT2D eigenvalue weighted by Gasteiger charge is 2.24. The molecule has 1 saturated heterocycles. The lowest BCUT2D eigenvalue weighted by molar-refractivity contribution is -0.384. The minimum Gasteiger partial charge on any atom is -0.460 e. The maximum atomic E-state index is 12.4. The predicted octanol–water partition coefficient (Wildman–Crippen LogP) is 2.00. The Hall–Kier alpha value is -3.03. The zero-order valence-corrected chi connectivity index (χ0v) is 13.6. The Bertz CT molecular complexity index is 728. The number of non-ortho nitro benzene ring substituents is 1. The number of hydrogen-bond acceptors (Lipinski definition) is 6. The molecule has 8 heteroatoms. The average molecular weight is 342 g/mol. The standard InChI is InChI=1S/C17H18N4O4/c22-16(12-13-2-4-14(5-3-13)21(23)24)20-10-6-15(7-11-20)25-17-18-8-1-9-19-17/h1-5,8-9,15H,6-7,10-12H2. The molecule has 0 spiro atoms. The average Bonchev–Trinajstić information content (AvgIpc) is 2.63. The fourth-order valence-corrected chi connectivity index (χ4v) is 2.74. The van der Waals surface area contributed by atoms with E-state index in [4.69, 9.17) is 4.74 Å². The van der Waals surface area contributed by atoms with E-state index < -0.39 is 4.92 Å². The van der Waals surface area contributed by atoms with Gasteiger partial charge in [-0.25, -0.2) is 9.97 Å².